The van der Waals surface area contributed by atoms with E-state index in [1.165, 1.54) is 11.1 Å². The molecule has 0 spiro atoms. The van der Waals surface area contributed by atoms with Gasteiger partial charge in [0.15, 0.2) is 11.5 Å². The molecule has 126 valence electrons. The molecule has 1 aromatic carbocycles. The van der Waals surface area contributed by atoms with Gasteiger partial charge < -0.3 is 24.8 Å². The van der Waals surface area contributed by atoms with Gasteiger partial charge in [-0.05, 0) is 43.0 Å². The zero-order valence-electron chi connectivity index (χ0n) is 13.7. The third-order valence-electron chi connectivity index (χ3n) is 4.87. The molecule has 1 aromatic rings. The van der Waals surface area contributed by atoms with Crippen molar-refractivity contribution in [2.24, 2.45) is 5.92 Å². The summed E-state index contributed by atoms with van der Waals surface area (Å²) in [5.41, 5.74) is 3.63. The van der Waals surface area contributed by atoms with Crippen LogP contribution in [0.25, 0.3) is 0 Å². The predicted molar refractivity (Wildman–Crippen MR) is 87.5 cm³/mol. The van der Waals surface area contributed by atoms with E-state index in [1.807, 2.05) is 6.07 Å². The fourth-order valence-corrected chi connectivity index (χ4v) is 3.62. The van der Waals surface area contributed by atoms with Crippen LogP contribution in [0.2, 0.25) is 0 Å². The Bertz CT molecular complexity index is 580. The standard InChI is InChI=1S/C17H24N2O4/c1-22-14-9-12-10-18-6-3-13(12)15(16(14)23-2)19-7-4-11(5-8-19)17(20)21/h9,11,18H,3-8,10H2,1-2H3,(H,20,21). The fraction of sp³-hybridized carbons (Fsp3) is 0.588. The number of fused-ring (bicyclic) bond motifs is 1. The number of nitrogens with one attached hydrogen (secondary N) is 1. The highest BCUT2D eigenvalue weighted by Crippen LogP contribution is 2.44. The normalized spacial score (nSPS) is 18.4. The van der Waals surface area contributed by atoms with Crippen LogP contribution in [0.1, 0.15) is 24.0 Å². The van der Waals surface area contributed by atoms with Gasteiger partial charge in [0.25, 0.3) is 0 Å². The molecule has 2 N–H and O–H groups in total. The first kappa shape index (κ1) is 15.9. The molecule has 0 saturated carbocycles. The zero-order chi connectivity index (χ0) is 16.4. The number of aliphatic carboxylic acids is 1. The molecule has 23 heavy (non-hydrogen) atoms. The maximum Gasteiger partial charge on any atom is 0.306 e. The van der Waals surface area contributed by atoms with Crippen molar-refractivity contribution in [1.29, 1.82) is 0 Å². The second kappa shape index (κ2) is 6.66. The van der Waals surface area contributed by atoms with Crippen LogP contribution >= 0.6 is 0 Å². The number of hydrogen-bond donors (Lipinski definition) is 2. The van der Waals surface area contributed by atoms with Crippen LogP contribution in [-0.2, 0) is 17.8 Å². The van der Waals surface area contributed by atoms with Crippen LogP contribution in [0.15, 0.2) is 6.07 Å². The fourth-order valence-electron chi connectivity index (χ4n) is 3.62. The highest BCUT2D eigenvalue weighted by Gasteiger charge is 2.30. The SMILES string of the molecule is COc1cc2c(c(N3CCC(C(=O)O)CC3)c1OC)CCNC2. The van der Waals surface area contributed by atoms with E-state index in [9.17, 15) is 9.90 Å². The van der Waals surface area contributed by atoms with Crippen LogP contribution in [0.3, 0.4) is 0 Å². The second-order valence-corrected chi connectivity index (χ2v) is 6.12. The summed E-state index contributed by atoms with van der Waals surface area (Å²) in [4.78, 5) is 13.5. The van der Waals surface area contributed by atoms with Crippen molar-refractivity contribution in [1.82, 2.24) is 5.32 Å². The lowest BCUT2D eigenvalue weighted by molar-refractivity contribution is -0.142. The first-order valence-corrected chi connectivity index (χ1v) is 8.11. The van der Waals surface area contributed by atoms with E-state index >= 15 is 0 Å². The minimum absolute atomic E-state index is 0.236. The van der Waals surface area contributed by atoms with Crippen molar-refractivity contribution in [3.63, 3.8) is 0 Å². The number of piperidine rings is 1. The molecule has 1 fully saturated rings. The number of nitrogens with zero attached hydrogens (tertiary/aromatic N) is 1. The van der Waals surface area contributed by atoms with Crippen molar-refractivity contribution in [2.75, 3.05) is 38.8 Å². The Morgan fingerprint density at radius 3 is 2.65 bits per heavy atom. The Balaban J connectivity index is 1.98. The number of carbonyl (C=O) groups is 1. The zero-order valence-corrected chi connectivity index (χ0v) is 13.7. The molecule has 1 saturated heterocycles. The van der Waals surface area contributed by atoms with Crippen LogP contribution in [0, 0.1) is 5.92 Å². The summed E-state index contributed by atoms with van der Waals surface area (Å²) in [5.74, 6) is 0.584. The average molecular weight is 320 g/mol. The third-order valence-corrected chi connectivity index (χ3v) is 4.87. The lowest BCUT2D eigenvalue weighted by Crippen LogP contribution is -2.38. The summed E-state index contributed by atoms with van der Waals surface area (Å²) in [6, 6.07) is 2.05. The monoisotopic (exact) mass is 320 g/mol. The largest absolute Gasteiger partial charge is 0.493 e. The number of carboxylic acids is 1. The maximum atomic E-state index is 11.2. The summed E-state index contributed by atoms with van der Waals surface area (Å²) < 4.78 is 11.2. The van der Waals surface area contributed by atoms with E-state index in [-0.39, 0.29) is 5.92 Å². The van der Waals surface area contributed by atoms with E-state index in [0.29, 0.717) is 12.8 Å². The number of methoxy groups -OCH3 is 2. The van der Waals surface area contributed by atoms with Gasteiger partial charge in [-0.3, -0.25) is 4.79 Å². The van der Waals surface area contributed by atoms with Crippen molar-refractivity contribution < 1.29 is 19.4 Å². The number of benzene rings is 1. The highest BCUT2D eigenvalue weighted by atomic mass is 16.5. The van der Waals surface area contributed by atoms with Crippen molar-refractivity contribution in [2.45, 2.75) is 25.8 Å². The van der Waals surface area contributed by atoms with Gasteiger partial charge in [-0.2, -0.15) is 0 Å². The van der Waals surface area contributed by atoms with Crippen molar-refractivity contribution in [3.8, 4) is 11.5 Å². The third kappa shape index (κ3) is 2.95. The smallest absolute Gasteiger partial charge is 0.306 e. The van der Waals surface area contributed by atoms with E-state index in [0.717, 1.165) is 49.8 Å². The Morgan fingerprint density at radius 2 is 2.04 bits per heavy atom. The maximum absolute atomic E-state index is 11.2. The first-order chi connectivity index (χ1) is 11.2. The highest BCUT2D eigenvalue weighted by molar-refractivity contribution is 5.74. The molecule has 0 radical (unpaired) electrons. The van der Waals surface area contributed by atoms with Gasteiger partial charge in [0.2, 0.25) is 0 Å². The summed E-state index contributed by atoms with van der Waals surface area (Å²) in [7, 11) is 3.32. The van der Waals surface area contributed by atoms with Gasteiger partial charge in [-0.25, -0.2) is 0 Å². The van der Waals surface area contributed by atoms with E-state index in [1.54, 1.807) is 14.2 Å². The molecule has 2 aliphatic rings. The van der Waals surface area contributed by atoms with Crippen molar-refractivity contribution >= 4 is 11.7 Å². The van der Waals surface area contributed by atoms with Gasteiger partial charge in [0.1, 0.15) is 0 Å². The molecule has 6 nitrogen and oxygen atoms in total. The second-order valence-electron chi connectivity index (χ2n) is 6.12. The Hall–Kier alpha value is -1.95. The van der Waals surface area contributed by atoms with Crippen LogP contribution < -0.4 is 19.7 Å². The van der Waals surface area contributed by atoms with E-state index < -0.39 is 5.97 Å². The van der Waals surface area contributed by atoms with E-state index in [4.69, 9.17) is 9.47 Å². The number of hydrogen-bond acceptors (Lipinski definition) is 5. The molecule has 0 amide bonds. The van der Waals surface area contributed by atoms with Crippen LogP contribution in [-0.4, -0.2) is 44.9 Å². The van der Waals surface area contributed by atoms with Gasteiger partial charge >= 0.3 is 5.97 Å². The topological polar surface area (TPSA) is 71.0 Å². The molecule has 2 heterocycles. The quantitative estimate of drug-likeness (QED) is 0.879. The molecule has 0 atom stereocenters. The molecule has 6 heteroatoms. The Morgan fingerprint density at radius 1 is 1.30 bits per heavy atom. The van der Waals surface area contributed by atoms with Gasteiger partial charge in [0, 0.05) is 19.6 Å². The minimum Gasteiger partial charge on any atom is -0.493 e. The lowest BCUT2D eigenvalue weighted by atomic mass is 9.93. The molecular formula is C17H24N2O4. The van der Waals surface area contributed by atoms with Gasteiger partial charge in [-0.15, -0.1) is 0 Å². The van der Waals surface area contributed by atoms with E-state index in [2.05, 4.69) is 10.2 Å². The number of anilines is 1. The number of carboxylic acid groups (broad SMARTS) is 1. The van der Waals surface area contributed by atoms with Crippen molar-refractivity contribution in [3.05, 3.63) is 17.2 Å². The summed E-state index contributed by atoms with van der Waals surface area (Å²) >= 11 is 0. The molecular weight excluding hydrogens is 296 g/mol. The van der Waals surface area contributed by atoms with Crippen LogP contribution in [0.5, 0.6) is 11.5 Å². The average Bonchev–Trinajstić information content (AvgIpc) is 2.59. The molecule has 0 aliphatic carbocycles. The molecule has 0 unspecified atom stereocenters. The lowest BCUT2D eigenvalue weighted by Gasteiger charge is -2.36. The number of rotatable bonds is 4. The molecule has 0 aromatic heterocycles. The van der Waals surface area contributed by atoms with Gasteiger partial charge in [-0.1, -0.05) is 0 Å². The summed E-state index contributed by atoms with van der Waals surface area (Å²) in [6.07, 6.45) is 2.29. The Labute approximate surface area is 136 Å². The molecule has 3 rings (SSSR count). The summed E-state index contributed by atoms with van der Waals surface area (Å²) in [5, 5.41) is 12.6. The number of ether oxygens (including phenoxy) is 2. The predicted octanol–water partition coefficient (Wildman–Crippen LogP) is 1.65. The van der Waals surface area contributed by atoms with Crippen LogP contribution in [0.4, 0.5) is 5.69 Å². The minimum atomic E-state index is -0.687. The first-order valence-electron chi connectivity index (χ1n) is 8.11. The Kier molecular flexibility index (Phi) is 4.61. The molecule has 0 bridgehead atoms. The summed E-state index contributed by atoms with van der Waals surface area (Å²) in [6.45, 7) is 3.25. The molecule has 2 aliphatic heterocycles. The van der Waals surface area contributed by atoms with Gasteiger partial charge in [0.05, 0.1) is 25.8 Å².